The Hall–Kier alpha value is -13.1. The number of rotatable bonds is 10. The zero-order valence-electron chi connectivity index (χ0n) is 52.8. The molecule has 0 radical (unpaired) electrons. The van der Waals surface area contributed by atoms with Gasteiger partial charge in [0.05, 0.1) is 11.0 Å². The highest BCUT2D eigenvalue weighted by molar-refractivity contribution is 6.12. The Morgan fingerprint density at radius 2 is 0.392 bits per heavy atom. The second-order valence-electron chi connectivity index (χ2n) is 25.7. The Kier molecular flexibility index (Phi) is 12.9. The monoisotopic (exact) mass is 1230 g/mol. The molecule has 18 aromatic carbocycles. The van der Waals surface area contributed by atoms with E-state index >= 15 is 0 Å². The van der Waals surface area contributed by atoms with Crippen LogP contribution in [0.25, 0.3) is 152 Å². The van der Waals surface area contributed by atoms with Crippen molar-refractivity contribution in [3.05, 3.63) is 352 Å². The molecule has 450 valence electrons. The van der Waals surface area contributed by atoms with E-state index < -0.39 is 0 Å². The molecule has 19 rings (SSSR count). The van der Waals surface area contributed by atoms with Gasteiger partial charge in [0.15, 0.2) is 6.19 Å². The third-order valence-electron chi connectivity index (χ3n) is 20.0. The Balaban J connectivity index is 0.727. The molecule has 4 heteroatoms. The molecule has 0 spiro atoms. The molecule has 0 unspecified atom stereocenters. The Morgan fingerprint density at radius 1 is 0.186 bits per heavy atom. The number of anilines is 6. The van der Waals surface area contributed by atoms with Crippen LogP contribution in [0.5, 0.6) is 0 Å². The zero-order chi connectivity index (χ0) is 64.1. The average molecular weight is 1230 g/mol. The number of aromatic nitrogens is 1. The summed E-state index contributed by atoms with van der Waals surface area (Å²) in [5, 5.41) is 32.7. The van der Waals surface area contributed by atoms with Crippen molar-refractivity contribution in [2.24, 2.45) is 0 Å². The highest BCUT2D eigenvalue weighted by atomic mass is 15.1. The van der Waals surface area contributed by atoms with Gasteiger partial charge in [0.25, 0.3) is 0 Å². The molecule has 0 amide bonds. The van der Waals surface area contributed by atoms with Crippen LogP contribution < -0.4 is 9.80 Å². The van der Waals surface area contributed by atoms with E-state index in [9.17, 15) is 5.26 Å². The number of nitriles is 1. The van der Waals surface area contributed by atoms with Crippen molar-refractivity contribution in [1.82, 2.24) is 4.57 Å². The summed E-state index contributed by atoms with van der Waals surface area (Å²) >= 11 is 0. The van der Waals surface area contributed by atoms with Crippen molar-refractivity contribution in [3.8, 4) is 50.7 Å². The summed E-state index contributed by atoms with van der Waals surface area (Å²) in [4.78, 5) is 4.69. The van der Waals surface area contributed by atoms with Crippen LogP contribution in [0.15, 0.2) is 352 Å². The van der Waals surface area contributed by atoms with Crippen LogP contribution in [0.3, 0.4) is 0 Å². The summed E-state index contributed by atoms with van der Waals surface area (Å²) in [6.07, 6.45) is 2.57. The lowest BCUT2D eigenvalue weighted by Gasteiger charge is -2.26. The van der Waals surface area contributed by atoms with Crippen LogP contribution in [0.4, 0.5) is 34.1 Å². The smallest absolute Gasteiger partial charge is 0.189 e. The lowest BCUT2D eigenvalue weighted by Crippen LogP contribution is -2.10. The maximum atomic E-state index is 11.1. The first-order chi connectivity index (χ1) is 47.9. The molecule has 0 fully saturated rings. The zero-order valence-corrected chi connectivity index (χ0v) is 52.8. The van der Waals surface area contributed by atoms with Crippen molar-refractivity contribution in [2.45, 2.75) is 0 Å². The fourth-order valence-corrected chi connectivity index (χ4v) is 15.0. The molecule has 0 saturated carbocycles. The average Bonchev–Trinajstić information content (AvgIpc) is 0.939. The van der Waals surface area contributed by atoms with E-state index in [1.54, 1.807) is 4.57 Å². The van der Waals surface area contributed by atoms with E-state index in [1.807, 2.05) is 0 Å². The van der Waals surface area contributed by atoms with Crippen LogP contribution in [-0.4, -0.2) is 4.57 Å². The molecular weight excluding hydrogens is 1170 g/mol. The van der Waals surface area contributed by atoms with Gasteiger partial charge in [0.1, 0.15) is 0 Å². The SMILES string of the molecule is N#Cn1c2ccc(N(c3ccc(-c4ccc5cc6ccccc6cc5c4)cc3)c3ccc(-c4ccc5cc6ccccc6cc5c4)cc3)cc2c2cc(N(c3ccc(-c4ccc5cc6ccccc6cc5c4)cc3)c3ccc(-c4ccc5cc6ccccc6cc5c4)cc3)ccc21. The number of benzene rings is 18. The lowest BCUT2D eigenvalue weighted by molar-refractivity contribution is 1.20. The van der Waals surface area contributed by atoms with Crippen molar-refractivity contribution in [1.29, 1.82) is 5.26 Å². The normalized spacial score (nSPS) is 11.7. The van der Waals surface area contributed by atoms with Gasteiger partial charge in [-0.1, -0.05) is 194 Å². The minimum atomic E-state index is 0.837. The minimum absolute atomic E-state index is 0.837. The van der Waals surface area contributed by atoms with E-state index in [4.69, 9.17) is 0 Å². The number of nitrogens with zero attached hydrogens (tertiary/aromatic N) is 4. The van der Waals surface area contributed by atoms with E-state index in [0.717, 1.165) is 100 Å². The maximum Gasteiger partial charge on any atom is 0.189 e. The molecule has 0 atom stereocenters. The lowest BCUT2D eigenvalue weighted by atomic mass is 9.98. The summed E-state index contributed by atoms with van der Waals surface area (Å²) in [5.74, 6) is 0. The fraction of sp³-hybridized carbons (Fsp3) is 0. The van der Waals surface area contributed by atoms with E-state index in [2.05, 4.69) is 368 Å². The van der Waals surface area contributed by atoms with Gasteiger partial charge in [-0.15, -0.1) is 0 Å². The van der Waals surface area contributed by atoms with Crippen molar-refractivity contribution in [2.75, 3.05) is 9.80 Å². The predicted octanol–water partition coefficient (Wildman–Crippen LogP) is 26.0. The molecule has 0 aliphatic rings. The van der Waals surface area contributed by atoms with Gasteiger partial charge in [-0.05, 0) is 288 Å². The first kappa shape index (κ1) is 55.6. The van der Waals surface area contributed by atoms with Crippen molar-refractivity contribution in [3.63, 3.8) is 0 Å². The summed E-state index contributed by atoms with van der Waals surface area (Å²) < 4.78 is 1.78. The summed E-state index contributed by atoms with van der Waals surface area (Å²) in [7, 11) is 0. The summed E-state index contributed by atoms with van der Waals surface area (Å²) in [6.45, 7) is 0. The quantitative estimate of drug-likeness (QED) is 0.128. The Morgan fingerprint density at radius 3 is 0.629 bits per heavy atom. The first-order valence-electron chi connectivity index (χ1n) is 33.1. The van der Waals surface area contributed by atoms with Crippen LogP contribution in [0.2, 0.25) is 0 Å². The molecule has 97 heavy (non-hydrogen) atoms. The molecule has 0 N–H and O–H groups in total. The predicted molar refractivity (Wildman–Crippen MR) is 412 cm³/mol. The molecule has 0 saturated heterocycles. The van der Waals surface area contributed by atoms with Crippen molar-refractivity contribution >= 4 is 142 Å². The van der Waals surface area contributed by atoms with Crippen LogP contribution in [0.1, 0.15) is 0 Å². The molecule has 1 heterocycles. The molecule has 1 aromatic heterocycles. The minimum Gasteiger partial charge on any atom is -0.310 e. The van der Waals surface area contributed by atoms with E-state index in [0.29, 0.717) is 0 Å². The third-order valence-corrected chi connectivity index (χ3v) is 20.0. The highest BCUT2D eigenvalue weighted by Crippen LogP contribution is 2.45. The molecule has 4 nitrogen and oxygen atoms in total. The van der Waals surface area contributed by atoms with Gasteiger partial charge in [0.2, 0.25) is 0 Å². The first-order valence-corrected chi connectivity index (χ1v) is 33.1. The molecule has 0 aliphatic heterocycles. The van der Waals surface area contributed by atoms with Crippen LogP contribution in [-0.2, 0) is 0 Å². The molecule has 19 aromatic rings. The van der Waals surface area contributed by atoms with Gasteiger partial charge in [0, 0.05) is 44.9 Å². The topological polar surface area (TPSA) is 35.2 Å². The maximum absolute atomic E-state index is 11.1. The molecular formula is C93H58N4. The summed E-state index contributed by atoms with van der Waals surface area (Å²) in [6, 6.07) is 129. The number of fused-ring (bicyclic) bond motifs is 11. The van der Waals surface area contributed by atoms with E-state index in [1.165, 1.54) is 86.2 Å². The van der Waals surface area contributed by atoms with Crippen LogP contribution >= 0.6 is 0 Å². The van der Waals surface area contributed by atoms with Crippen molar-refractivity contribution < 1.29 is 0 Å². The van der Waals surface area contributed by atoms with E-state index in [-0.39, 0.29) is 0 Å². The van der Waals surface area contributed by atoms with Gasteiger partial charge in [-0.3, -0.25) is 0 Å². The highest BCUT2D eigenvalue weighted by Gasteiger charge is 2.21. The number of hydrogen-bond donors (Lipinski definition) is 0. The molecule has 0 aliphatic carbocycles. The van der Waals surface area contributed by atoms with Gasteiger partial charge < -0.3 is 9.80 Å². The number of hydrogen-bond acceptors (Lipinski definition) is 3. The summed E-state index contributed by atoms with van der Waals surface area (Å²) in [5.41, 5.74) is 16.8. The third kappa shape index (κ3) is 9.84. The van der Waals surface area contributed by atoms with Crippen LogP contribution in [0, 0.1) is 11.5 Å². The standard InChI is InChI=1S/C93H58N4/c94-59-95-92-43-41-88(96(84-33-25-60(26-34-84)72-17-21-76-45-64-9-1-5-13-68(64)49-80(76)53-72)85-35-27-61(28-36-85)73-18-22-77-46-65-10-2-6-14-69(65)50-81(77)54-73)57-90(92)91-58-89(42-44-93(91)95)97(86-37-29-62(30-38-86)74-19-23-78-47-66-11-3-7-15-70(66)51-82(78)55-74)87-39-31-63(32-40-87)75-20-24-79-48-67-12-4-8-16-71(67)52-83(79)56-75/h1-58H. The van der Waals surface area contributed by atoms with Gasteiger partial charge in [-0.2, -0.15) is 5.26 Å². The fourth-order valence-electron chi connectivity index (χ4n) is 15.0. The second kappa shape index (κ2) is 22.6. The Bertz CT molecular complexity index is 5720. The second-order valence-corrected chi connectivity index (χ2v) is 25.7. The van der Waals surface area contributed by atoms with Gasteiger partial charge in [-0.25, -0.2) is 4.57 Å². The van der Waals surface area contributed by atoms with Gasteiger partial charge >= 0.3 is 0 Å². The largest absolute Gasteiger partial charge is 0.310 e. The Labute approximate surface area is 560 Å². The molecule has 0 bridgehead atoms.